The van der Waals surface area contributed by atoms with Gasteiger partial charge in [-0.25, -0.2) is 4.98 Å². The first-order chi connectivity index (χ1) is 11.3. The zero-order chi connectivity index (χ0) is 17.5. The highest BCUT2D eigenvalue weighted by Gasteiger charge is 2.38. The van der Waals surface area contributed by atoms with Crippen LogP contribution >= 0.6 is 0 Å². The maximum absolute atomic E-state index is 12.6. The highest BCUT2D eigenvalue weighted by Crippen LogP contribution is 2.30. The molecule has 0 unspecified atom stereocenters. The SMILES string of the molecule is Cc1nc(Cc2c(-c3noc(C(F)(F)F)n3)cc[nH]c2=O)oc1C. The van der Waals surface area contributed by atoms with Crippen LogP contribution in [0.4, 0.5) is 13.2 Å². The van der Waals surface area contributed by atoms with E-state index in [1.807, 2.05) is 0 Å². The summed E-state index contributed by atoms with van der Waals surface area (Å²) in [5.41, 5.74) is 0.414. The predicted molar refractivity (Wildman–Crippen MR) is 74.1 cm³/mol. The minimum Gasteiger partial charge on any atom is -0.445 e. The van der Waals surface area contributed by atoms with Crippen LogP contribution < -0.4 is 5.56 Å². The predicted octanol–water partition coefficient (Wildman–Crippen LogP) is 2.64. The maximum Gasteiger partial charge on any atom is 0.471 e. The second kappa shape index (κ2) is 5.62. The molecule has 7 nitrogen and oxygen atoms in total. The van der Waals surface area contributed by atoms with E-state index in [4.69, 9.17) is 4.42 Å². The van der Waals surface area contributed by atoms with E-state index in [2.05, 4.69) is 24.6 Å². The van der Waals surface area contributed by atoms with Crippen molar-refractivity contribution in [3.63, 3.8) is 0 Å². The number of halogens is 3. The summed E-state index contributed by atoms with van der Waals surface area (Å²) >= 11 is 0. The van der Waals surface area contributed by atoms with Gasteiger partial charge in [0.05, 0.1) is 12.1 Å². The second-order valence-corrected chi connectivity index (χ2v) is 5.05. The molecule has 0 aliphatic rings. The smallest absolute Gasteiger partial charge is 0.445 e. The molecule has 3 aromatic heterocycles. The Morgan fingerprint density at radius 1 is 1.25 bits per heavy atom. The fourth-order valence-corrected chi connectivity index (χ4v) is 2.11. The van der Waals surface area contributed by atoms with Gasteiger partial charge in [-0.1, -0.05) is 5.16 Å². The van der Waals surface area contributed by atoms with E-state index in [9.17, 15) is 18.0 Å². The third-order valence-corrected chi connectivity index (χ3v) is 3.37. The molecule has 126 valence electrons. The summed E-state index contributed by atoms with van der Waals surface area (Å²) in [6.45, 7) is 3.46. The fraction of sp³-hybridized carbons (Fsp3) is 0.286. The summed E-state index contributed by atoms with van der Waals surface area (Å²) in [7, 11) is 0. The van der Waals surface area contributed by atoms with Crippen LogP contribution in [0.25, 0.3) is 11.4 Å². The van der Waals surface area contributed by atoms with Gasteiger partial charge in [0.15, 0.2) is 5.89 Å². The van der Waals surface area contributed by atoms with Crippen molar-refractivity contribution in [2.45, 2.75) is 26.4 Å². The Morgan fingerprint density at radius 2 is 2.00 bits per heavy atom. The number of aryl methyl sites for hydroxylation is 2. The molecule has 0 radical (unpaired) electrons. The Labute approximate surface area is 132 Å². The van der Waals surface area contributed by atoms with Crippen molar-refractivity contribution >= 4 is 0 Å². The normalized spacial score (nSPS) is 11.9. The van der Waals surface area contributed by atoms with Crippen LogP contribution in [0.2, 0.25) is 0 Å². The molecule has 0 bridgehead atoms. The van der Waals surface area contributed by atoms with Crippen LogP contribution in [0.1, 0.15) is 28.8 Å². The van der Waals surface area contributed by atoms with Crippen molar-refractivity contribution in [2.75, 3.05) is 0 Å². The Balaban J connectivity index is 2.04. The first kappa shape index (κ1) is 16.0. The van der Waals surface area contributed by atoms with Crippen LogP contribution in [-0.2, 0) is 12.6 Å². The number of rotatable bonds is 3. The van der Waals surface area contributed by atoms with Gasteiger partial charge < -0.3 is 13.9 Å². The average molecular weight is 340 g/mol. The number of H-pyrrole nitrogens is 1. The molecule has 0 aromatic carbocycles. The topological polar surface area (TPSA) is 97.8 Å². The Morgan fingerprint density at radius 3 is 2.58 bits per heavy atom. The van der Waals surface area contributed by atoms with Gasteiger partial charge in [-0.05, 0) is 19.9 Å². The third-order valence-electron chi connectivity index (χ3n) is 3.37. The number of aromatic nitrogens is 4. The number of pyridine rings is 1. The molecule has 0 fully saturated rings. The second-order valence-electron chi connectivity index (χ2n) is 5.05. The molecule has 0 amide bonds. The van der Waals surface area contributed by atoms with Gasteiger partial charge in [-0.2, -0.15) is 18.2 Å². The molecule has 10 heteroatoms. The number of nitrogens with one attached hydrogen (secondary N) is 1. The van der Waals surface area contributed by atoms with Crippen molar-refractivity contribution in [1.29, 1.82) is 0 Å². The largest absolute Gasteiger partial charge is 0.471 e. The van der Waals surface area contributed by atoms with Crippen molar-refractivity contribution < 1.29 is 22.1 Å². The summed E-state index contributed by atoms with van der Waals surface area (Å²) in [5, 5.41) is 3.31. The molecule has 0 spiro atoms. The maximum atomic E-state index is 12.6. The van der Waals surface area contributed by atoms with Crippen LogP contribution in [-0.4, -0.2) is 20.1 Å². The summed E-state index contributed by atoms with van der Waals surface area (Å²) in [5.74, 6) is -0.949. The van der Waals surface area contributed by atoms with Crippen molar-refractivity contribution in [1.82, 2.24) is 20.1 Å². The molecule has 1 N–H and O–H groups in total. The molecular weight excluding hydrogens is 329 g/mol. The molecule has 3 rings (SSSR count). The lowest BCUT2D eigenvalue weighted by molar-refractivity contribution is -0.159. The van der Waals surface area contributed by atoms with Gasteiger partial charge in [0.25, 0.3) is 5.56 Å². The summed E-state index contributed by atoms with van der Waals surface area (Å²) < 4.78 is 47.4. The standard InChI is InChI=1S/C14H11F3N4O3/c1-6-7(2)23-10(19-6)5-9-8(3-4-18-12(9)22)11-20-13(24-21-11)14(15,16)17/h3-4H,5H2,1-2H3,(H,18,22). The van der Waals surface area contributed by atoms with Crippen molar-refractivity contribution in [3.8, 4) is 11.4 Å². The monoisotopic (exact) mass is 340 g/mol. The van der Waals surface area contributed by atoms with Gasteiger partial charge in [0.1, 0.15) is 5.76 Å². The number of aromatic amines is 1. The van der Waals surface area contributed by atoms with Crippen molar-refractivity contribution in [2.24, 2.45) is 0 Å². The molecule has 0 saturated heterocycles. The van der Waals surface area contributed by atoms with Gasteiger partial charge >= 0.3 is 12.1 Å². The summed E-state index contributed by atoms with van der Waals surface area (Å²) in [6, 6.07) is 1.39. The van der Waals surface area contributed by atoms with Crippen molar-refractivity contribution in [3.05, 3.63) is 51.4 Å². The average Bonchev–Trinajstić information content (AvgIpc) is 3.09. The van der Waals surface area contributed by atoms with E-state index >= 15 is 0 Å². The first-order valence-electron chi connectivity index (χ1n) is 6.80. The van der Waals surface area contributed by atoms with Gasteiger partial charge in [-0.3, -0.25) is 4.79 Å². The van der Waals surface area contributed by atoms with E-state index in [1.54, 1.807) is 13.8 Å². The fourth-order valence-electron chi connectivity index (χ4n) is 2.11. The lowest BCUT2D eigenvalue weighted by Crippen LogP contribution is -2.14. The molecule has 3 aromatic rings. The van der Waals surface area contributed by atoms with Crippen LogP contribution in [0.5, 0.6) is 0 Å². The minimum atomic E-state index is -4.76. The Bertz CT molecular complexity index is 920. The number of hydrogen-bond acceptors (Lipinski definition) is 6. The highest BCUT2D eigenvalue weighted by atomic mass is 19.4. The van der Waals surface area contributed by atoms with E-state index in [1.165, 1.54) is 12.3 Å². The lowest BCUT2D eigenvalue weighted by Gasteiger charge is -2.02. The summed E-state index contributed by atoms with van der Waals surface area (Å²) in [4.78, 5) is 22.0. The van der Waals surface area contributed by atoms with E-state index in [-0.39, 0.29) is 29.3 Å². The number of oxazole rings is 1. The molecule has 0 aliphatic carbocycles. The highest BCUT2D eigenvalue weighted by molar-refractivity contribution is 5.59. The van der Waals surface area contributed by atoms with E-state index in [0.717, 1.165) is 0 Å². The molecular formula is C14H11F3N4O3. The Kier molecular flexibility index (Phi) is 3.74. The Hall–Kier alpha value is -2.91. The van der Waals surface area contributed by atoms with E-state index < -0.39 is 17.6 Å². The van der Waals surface area contributed by atoms with E-state index in [0.29, 0.717) is 11.5 Å². The zero-order valence-corrected chi connectivity index (χ0v) is 12.6. The number of nitrogens with zero attached hydrogens (tertiary/aromatic N) is 3. The number of hydrogen-bond donors (Lipinski definition) is 1. The number of alkyl halides is 3. The molecule has 0 saturated carbocycles. The third kappa shape index (κ3) is 2.94. The molecule has 24 heavy (non-hydrogen) atoms. The molecule has 3 heterocycles. The first-order valence-corrected chi connectivity index (χ1v) is 6.80. The van der Waals surface area contributed by atoms with Crippen LogP contribution in [0, 0.1) is 13.8 Å². The van der Waals surface area contributed by atoms with Gasteiger partial charge in [0.2, 0.25) is 5.82 Å². The lowest BCUT2D eigenvalue weighted by atomic mass is 10.1. The van der Waals surface area contributed by atoms with Gasteiger partial charge in [-0.15, -0.1) is 0 Å². The minimum absolute atomic E-state index is 0.0178. The van der Waals surface area contributed by atoms with Crippen LogP contribution in [0.3, 0.4) is 0 Å². The quantitative estimate of drug-likeness (QED) is 0.787. The van der Waals surface area contributed by atoms with Gasteiger partial charge in [0, 0.05) is 17.3 Å². The summed E-state index contributed by atoms with van der Waals surface area (Å²) in [6.07, 6.45) is -3.49. The van der Waals surface area contributed by atoms with Crippen LogP contribution in [0.15, 0.2) is 26.0 Å². The zero-order valence-electron chi connectivity index (χ0n) is 12.6. The molecule has 0 atom stereocenters. The molecule has 0 aliphatic heterocycles.